The van der Waals surface area contributed by atoms with Crippen LogP contribution in [0.1, 0.15) is 12.7 Å². The first-order chi connectivity index (χ1) is 12.5. The molecule has 0 atom stereocenters. The number of likely N-dealkylation sites (N-methyl/N-ethyl adjacent to an activating group) is 1. The highest BCUT2D eigenvalue weighted by Crippen LogP contribution is 2.15. The number of anilines is 1. The summed E-state index contributed by atoms with van der Waals surface area (Å²) in [5.74, 6) is 0.430. The lowest BCUT2D eigenvalue weighted by Crippen LogP contribution is -2.33. The molecule has 0 aliphatic rings. The number of H-pyrrole nitrogens is 1. The number of aromatic nitrogens is 2. The van der Waals surface area contributed by atoms with Gasteiger partial charge in [-0.25, -0.2) is 4.98 Å². The number of para-hydroxylation sites is 1. The normalized spacial score (nSPS) is 11.0. The topological polar surface area (TPSA) is 78.1 Å². The van der Waals surface area contributed by atoms with Crippen molar-refractivity contribution >= 4 is 38.4 Å². The molecule has 0 aliphatic carbocycles. The second-order valence-electron chi connectivity index (χ2n) is 5.89. The summed E-state index contributed by atoms with van der Waals surface area (Å²) in [6, 6.07) is 14.7. The van der Waals surface area contributed by atoms with E-state index in [0.29, 0.717) is 29.8 Å². The zero-order chi connectivity index (χ0) is 18.5. The van der Waals surface area contributed by atoms with E-state index in [1.807, 2.05) is 54.3 Å². The lowest BCUT2D eigenvalue weighted by molar-refractivity contribution is -0.117. The van der Waals surface area contributed by atoms with Gasteiger partial charge >= 0.3 is 0 Å². The molecule has 0 radical (unpaired) electrons. The fourth-order valence-electron chi connectivity index (χ4n) is 2.67. The molecule has 0 unspecified atom stereocenters. The number of nitrogens with zero attached hydrogens (tertiary/aromatic N) is 2. The maximum atomic E-state index is 12.3. The average Bonchev–Trinajstić information content (AvgIpc) is 2.61. The zero-order valence-electron chi connectivity index (χ0n) is 14.3. The SMILES string of the molecule is CCN(CC(=O)Nc1cccc(Br)c1)Cc1nc2ccccc2c(=O)[nH]1. The van der Waals surface area contributed by atoms with E-state index < -0.39 is 0 Å². The highest BCUT2D eigenvalue weighted by Gasteiger charge is 2.12. The molecule has 0 spiro atoms. The van der Waals surface area contributed by atoms with Crippen molar-refractivity contribution in [2.24, 2.45) is 0 Å². The molecule has 1 aromatic heterocycles. The second kappa shape index (κ2) is 8.25. The van der Waals surface area contributed by atoms with Crippen LogP contribution in [0.15, 0.2) is 57.8 Å². The molecule has 1 heterocycles. The molecule has 0 saturated carbocycles. The molecule has 0 bridgehead atoms. The Hall–Kier alpha value is -2.51. The Morgan fingerprint density at radius 2 is 2.04 bits per heavy atom. The second-order valence-corrected chi connectivity index (χ2v) is 6.81. The third-order valence-electron chi connectivity index (χ3n) is 3.96. The fraction of sp³-hybridized carbons (Fsp3) is 0.211. The van der Waals surface area contributed by atoms with E-state index in [2.05, 4.69) is 31.2 Å². The van der Waals surface area contributed by atoms with Gasteiger partial charge in [-0.2, -0.15) is 0 Å². The molecule has 2 N–H and O–H groups in total. The van der Waals surface area contributed by atoms with Gasteiger partial charge in [0.2, 0.25) is 5.91 Å². The molecule has 1 amide bonds. The standard InChI is InChI=1S/C19H19BrN4O2/c1-2-24(12-18(25)21-14-7-5-6-13(20)10-14)11-17-22-16-9-4-3-8-15(16)19(26)23-17/h3-10H,2,11-12H2,1H3,(H,21,25)(H,22,23,26). The molecular formula is C19H19BrN4O2. The Morgan fingerprint density at radius 3 is 2.81 bits per heavy atom. The predicted molar refractivity (Wildman–Crippen MR) is 106 cm³/mol. The fourth-order valence-corrected chi connectivity index (χ4v) is 3.07. The van der Waals surface area contributed by atoms with Crippen molar-refractivity contribution in [3.05, 3.63) is 69.2 Å². The number of halogens is 1. The number of hydrogen-bond donors (Lipinski definition) is 2. The van der Waals surface area contributed by atoms with E-state index in [1.165, 1.54) is 0 Å². The first-order valence-electron chi connectivity index (χ1n) is 8.31. The van der Waals surface area contributed by atoms with Crippen molar-refractivity contribution in [1.82, 2.24) is 14.9 Å². The molecule has 0 saturated heterocycles. The summed E-state index contributed by atoms with van der Waals surface area (Å²) in [5.41, 5.74) is 1.22. The van der Waals surface area contributed by atoms with Crippen LogP contribution < -0.4 is 10.9 Å². The third-order valence-corrected chi connectivity index (χ3v) is 4.45. The maximum Gasteiger partial charge on any atom is 0.258 e. The summed E-state index contributed by atoms with van der Waals surface area (Å²) in [6.45, 7) is 3.22. The quantitative estimate of drug-likeness (QED) is 0.649. The number of nitrogens with one attached hydrogen (secondary N) is 2. The molecule has 26 heavy (non-hydrogen) atoms. The van der Waals surface area contributed by atoms with Crippen molar-refractivity contribution in [1.29, 1.82) is 0 Å². The Kier molecular flexibility index (Phi) is 5.80. The van der Waals surface area contributed by atoms with E-state index in [4.69, 9.17) is 0 Å². The Morgan fingerprint density at radius 1 is 1.23 bits per heavy atom. The lowest BCUT2D eigenvalue weighted by Gasteiger charge is -2.19. The number of hydrogen-bond acceptors (Lipinski definition) is 4. The van der Waals surface area contributed by atoms with Crippen LogP contribution in [0.25, 0.3) is 10.9 Å². The maximum absolute atomic E-state index is 12.3. The number of benzene rings is 2. The van der Waals surface area contributed by atoms with Crippen molar-refractivity contribution in [2.45, 2.75) is 13.5 Å². The van der Waals surface area contributed by atoms with Crippen molar-refractivity contribution in [3.8, 4) is 0 Å². The smallest absolute Gasteiger partial charge is 0.258 e. The number of rotatable bonds is 6. The minimum absolute atomic E-state index is 0.118. The van der Waals surface area contributed by atoms with Crippen LogP contribution in [-0.2, 0) is 11.3 Å². The summed E-state index contributed by atoms with van der Waals surface area (Å²) < 4.78 is 0.903. The van der Waals surface area contributed by atoms with Gasteiger partial charge in [0.1, 0.15) is 5.82 Å². The molecule has 0 aliphatic heterocycles. The van der Waals surface area contributed by atoms with E-state index in [-0.39, 0.29) is 18.0 Å². The van der Waals surface area contributed by atoms with Crippen LogP contribution in [-0.4, -0.2) is 33.9 Å². The van der Waals surface area contributed by atoms with E-state index >= 15 is 0 Å². The summed E-state index contributed by atoms with van der Waals surface area (Å²) in [5, 5.41) is 3.43. The van der Waals surface area contributed by atoms with Crippen LogP contribution >= 0.6 is 15.9 Å². The number of amides is 1. The van der Waals surface area contributed by atoms with Gasteiger partial charge in [0.05, 0.1) is 24.0 Å². The Balaban J connectivity index is 1.69. The number of aromatic amines is 1. The molecule has 3 aromatic rings. The van der Waals surface area contributed by atoms with Gasteiger partial charge < -0.3 is 10.3 Å². The largest absolute Gasteiger partial charge is 0.325 e. The van der Waals surface area contributed by atoms with Crippen molar-refractivity contribution in [2.75, 3.05) is 18.4 Å². The van der Waals surface area contributed by atoms with Gasteiger partial charge in [0.25, 0.3) is 5.56 Å². The number of carbonyl (C=O) groups excluding carboxylic acids is 1. The minimum atomic E-state index is -0.166. The lowest BCUT2D eigenvalue weighted by atomic mass is 10.2. The number of carbonyl (C=O) groups is 1. The highest BCUT2D eigenvalue weighted by atomic mass is 79.9. The molecule has 0 fully saturated rings. The zero-order valence-corrected chi connectivity index (χ0v) is 15.9. The van der Waals surface area contributed by atoms with E-state index in [0.717, 1.165) is 10.2 Å². The first kappa shape index (κ1) is 18.3. The summed E-state index contributed by atoms with van der Waals surface area (Å²) in [7, 11) is 0. The summed E-state index contributed by atoms with van der Waals surface area (Å²) >= 11 is 3.38. The predicted octanol–water partition coefficient (Wildman–Crippen LogP) is 3.15. The van der Waals surface area contributed by atoms with Crippen LogP contribution in [0.5, 0.6) is 0 Å². The van der Waals surface area contributed by atoms with Crippen LogP contribution in [0.2, 0.25) is 0 Å². The van der Waals surface area contributed by atoms with Gasteiger partial charge in [-0.1, -0.05) is 41.1 Å². The van der Waals surface area contributed by atoms with Crippen molar-refractivity contribution in [3.63, 3.8) is 0 Å². The van der Waals surface area contributed by atoms with Crippen LogP contribution in [0, 0.1) is 0 Å². The highest BCUT2D eigenvalue weighted by molar-refractivity contribution is 9.10. The molecule has 134 valence electrons. The minimum Gasteiger partial charge on any atom is -0.325 e. The molecule has 7 heteroatoms. The van der Waals surface area contributed by atoms with Gasteiger partial charge in [0, 0.05) is 10.2 Å². The van der Waals surface area contributed by atoms with Gasteiger partial charge in [-0.05, 0) is 36.9 Å². The van der Waals surface area contributed by atoms with Crippen LogP contribution in [0.4, 0.5) is 5.69 Å². The molecule has 3 rings (SSSR count). The Bertz CT molecular complexity index is 986. The monoisotopic (exact) mass is 414 g/mol. The van der Waals surface area contributed by atoms with E-state index in [9.17, 15) is 9.59 Å². The molecular weight excluding hydrogens is 396 g/mol. The third kappa shape index (κ3) is 4.56. The molecule has 2 aromatic carbocycles. The molecule has 6 nitrogen and oxygen atoms in total. The number of fused-ring (bicyclic) bond motifs is 1. The average molecular weight is 415 g/mol. The first-order valence-corrected chi connectivity index (χ1v) is 9.10. The van der Waals surface area contributed by atoms with Gasteiger partial charge in [-0.15, -0.1) is 0 Å². The summed E-state index contributed by atoms with van der Waals surface area (Å²) in [4.78, 5) is 33.7. The summed E-state index contributed by atoms with van der Waals surface area (Å²) in [6.07, 6.45) is 0. The Labute approximate surface area is 159 Å². The van der Waals surface area contributed by atoms with Gasteiger partial charge in [0.15, 0.2) is 0 Å². The van der Waals surface area contributed by atoms with Crippen LogP contribution in [0.3, 0.4) is 0 Å². The van der Waals surface area contributed by atoms with Crippen molar-refractivity contribution < 1.29 is 4.79 Å². The van der Waals surface area contributed by atoms with E-state index in [1.54, 1.807) is 6.07 Å². The van der Waals surface area contributed by atoms with Gasteiger partial charge in [-0.3, -0.25) is 14.5 Å².